The molecule has 1 aromatic rings. The molecule has 0 bridgehead atoms. The number of rotatable bonds is 3. The number of hydrogen-bond donors (Lipinski definition) is 2. The van der Waals surface area contributed by atoms with E-state index in [0.717, 1.165) is 0 Å². The van der Waals surface area contributed by atoms with E-state index in [0.29, 0.717) is 11.4 Å². The molecule has 1 rings (SSSR count). The van der Waals surface area contributed by atoms with Gasteiger partial charge in [0, 0.05) is 11.7 Å². The van der Waals surface area contributed by atoms with Crippen LogP contribution in [-0.2, 0) is 4.79 Å². The Labute approximate surface area is 101 Å². The lowest BCUT2D eigenvalue weighted by atomic mass is 10.1. The van der Waals surface area contributed by atoms with Crippen LogP contribution < -0.4 is 10.6 Å². The molecule has 0 spiro atoms. The van der Waals surface area contributed by atoms with Gasteiger partial charge in [-0.05, 0) is 32.9 Å². The molecular weight excluding hydrogens is 216 g/mol. The highest BCUT2D eigenvalue weighted by atomic mass is 16.2. The lowest BCUT2D eigenvalue weighted by Crippen LogP contribution is -2.43. The summed E-state index contributed by atoms with van der Waals surface area (Å²) in [5, 5.41) is 14.4. The predicted molar refractivity (Wildman–Crippen MR) is 65.3 cm³/mol. The molecule has 5 heteroatoms. The van der Waals surface area contributed by atoms with Crippen LogP contribution in [0.3, 0.4) is 0 Å². The first-order valence-corrected chi connectivity index (χ1v) is 5.32. The number of carbonyl (C=O) groups excluding carboxylic acids is 1. The minimum absolute atomic E-state index is 0.110. The van der Waals surface area contributed by atoms with Gasteiger partial charge >= 0.3 is 0 Å². The van der Waals surface area contributed by atoms with Crippen LogP contribution in [0, 0.1) is 11.3 Å². The van der Waals surface area contributed by atoms with E-state index in [1.165, 1.54) is 6.20 Å². The molecule has 0 aliphatic heterocycles. The van der Waals surface area contributed by atoms with E-state index in [4.69, 9.17) is 5.26 Å². The van der Waals surface area contributed by atoms with Gasteiger partial charge in [-0.15, -0.1) is 0 Å². The van der Waals surface area contributed by atoms with Gasteiger partial charge in [0.05, 0.1) is 18.2 Å². The van der Waals surface area contributed by atoms with Gasteiger partial charge < -0.3 is 10.6 Å². The number of carbonyl (C=O) groups is 1. The Hall–Kier alpha value is -2.09. The maximum absolute atomic E-state index is 11.5. The van der Waals surface area contributed by atoms with Crippen molar-refractivity contribution in [3.8, 4) is 6.07 Å². The standard InChI is InChI=1S/C12H16N4O/c1-12(2,3)16-11(17)8-15-10-6-9(7-13)4-5-14-10/h4-6H,8H2,1-3H3,(H,14,15)(H,16,17). The smallest absolute Gasteiger partial charge is 0.239 e. The summed E-state index contributed by atoms with van der Waals surface area (Å²) in [4.78, 5) is 15.5. The summed E-state index contributed by atoms with van der Waals surface area (Å²) < 4.78 is 0. The third-order valence-corrected chi connectivity index (χ3v) is 1.83. The highest BCUT2D eigenvalue weighted by Crippen LogP contribution is 2.05. The van der Waals surface area contributed by atoms with Gasteiger partial charge in [-0.1, -0.05) is 0 Å². The zero-order valence-corrected chi connectivity index (χ0v) is 10.2. The van der Waals surface area contributed by atoms with Gasteiger partial charge in [0.2, 0.25) is 5.91 Å². The van der Waals surface area contributed by atoms with Gasteiger partial charge in [0.15, 0.2) is 0 Å². The van der Waals surface area contributed by atoms with Gasteiger partial charge in [-0.3, -0.25) is 4.79 Å². The molecule has 0 fully saturated rings. The van der Waals surface area contributed by atoms with Crippen LogP contribution >= 0.6 is 0 Å². The summed E-state index contributed by atoms with van der Waals surface area (Å²) in [6.45, 7) is 5.89. The van der Waals surface area contributed by atoms with E-state index in [1.807, 2.05) is 26.8 Å². The topological polar surface area (TPSA) is 77.8 Å². The zero-order valence-electron chi connectivity index (χ0n) is 10.2. The van der Waals surface area contributed by atoms with E-state index in [-0.39, 0.29) is 18.0 Å². The van der Waals surface area contributed by atoms with Crippen molar-refractivity contribution in [2.24, 2.45) is 0 Å². The molecule has 0 aliphatic rings. The quantitative estimate of drug-likeness (QED) is 0.823. The van der Waals surface area contributed by atoms with Crippen LogP contribution in [0.5, 0.6) is 0 Å². The van der Waals surface area contributed by atoms with Crippen molar-refractivity contribution in [3.63, 3.8) is 0 Å². The number of nitrogens with one attached hydrogen (secondary N) is 2. The fourth-order valence-electron chi connectivity index (χ4n) is 1.23. The molecule has 0 unspecified atom stereocenters. The third-order valence-electron chi connectivity index (χ3n) is 1.83. The molecule has 2 N–H and O–H groups in total. The lowest BCUT2D eigenvalue weighted by Gasteiger charge is -2.20. The minimum atomic E-state index is -0.249. The Bertz CT molecular complexity index is 443. The molecule has 0 atom stereocenters. The first kappa shape index (κ1) is 13.0. The minimum Gasteiger partial charge on any atom is -0.361 e. The highest BCUT2D eigenvalue weighted by molar-refractivity contribution is 5.81. The van der Waals surface area contributed by atoms with Crippen molar-refractivity contribution < 1.29 is 4.79 Å². The third kappa shape index (κ3) is 4.98. The first-order chi connectivity index (χ1) is 7.90. The van der Waals surface area contributed by atoms with Crippen molar-refractivity contribution >= 4 is 11.7 Å². The molecule has 0 saturated carbocycles. The van der Waals surface area contributed by atoms with Gasteiger partial charge in [0.25, 0.3) is 0 Å². The maximum Gasteiger partial charge on any atom is 0.239 e. The van der Waals surface area contributed by atoms with Crippen LogP contribution in [0.25, 0.3) is 0 Å². The van der Waals surface area contributed by atoms with Crippen LogP contribution in [-0.4, -0.2) is 23.0 Å². The number of aromatic nitrogens is 1. The van der Waals surface area contributed by atoms with Gasteiger partial charge in [0.1, 0.15) is 5.82 Å². The van der Waals surface area contributed by atoms with Crippen molar-refractivity contribution in [3.05, 3.63) is 23.9 Å². The average Bonchev–Trinajstić information content (AvgIpc) is 2.24. The molecule has 17 heavy (non-hydrogen) atoms. The van der Waals surface area contributed by atoms with Crippen molar-refractivity contribution in [2.75, 3.05) is 11.9 Å². The number of pyridine rings is 1. The van der Waals surface area contributed by atoms with E-state index in [1.54, 1.807) is 12.1 Å². The van der Waals surface area contributed by atoms with Crippen molar-refractivity contribution in [1.29, 1.82) is 5.26 Å². The number of anilines is 1. The number of amides is 1. The highest BCUT2D eigenvalue weighted by Gasteiger charge is 2.13. The lowest BCUT2D eigenvalue weighted by molar-refractivity contribution is -0.120. The normalized spacial score (nSPS) is 10.5. The molecule has 5 nitrogen and oxygen atoms in total. The number of hydrogen-bond acceptors (Lipinski definition) is 4. The molecule has 0 radical (unpaired) electrons. The van der Waals surface area contributed by atoms with Crippen LogP contribution in [0.15, 0.2) is 18.3 Å². The second kappa shape index (κ2) is 5.30. The molecule has 0 aromatic carbocycles. The van der Waals surface area contributed by atoms with E-state index < -0.39 is 0 Å². The largest absolute Gasteiger partial charge is 0.361 e. The van der Waals surface area contributed by atoms with Crippen molar-refractivity contribution in [2.45, 2.75) is 26.3 Å². The summed E-state index contributed by atoms with van der Waals surface area (Å²) in [6, 6.07) is 5.23. The van der Waals surface area contributed by atoms with E-state index in [9.17, 15) is 4.79 Å². The summed E-state index contributed by atoms with van der Waals surface area (Å²) in [7, 11) is 0. The predicted octanol–water partition coefficient (Wildman–Crippen LogP) is 1.28. The SMILES string of the molecule is CC(C)(C)NC(=O)CNc1cc(C#N)ccn1. The maximum atomic E-state index is 11.5. The Morgan fingerprint density at radius 3 is 2.82 bits per heavy atom. The molecule has 1 amide bonds. The second-order valence-corrected chi connectivity index (χ2v) is 4.69. The Morgan fingerprint density at radius 2 is 2.24 bits per heavy atom. The van der Waals surface area contributed by atoms with Crippen LogP contribution in [0.1, 0.15) is 26.3 Å². The second-order valence-electron chi connectivity index (χ2n) is 4.69. The summed E-state index contributed by atoms with van der Waals surface area (Å²) >= 11 is 0. The number of nitrogens with zero attached hydrogens (tertiary/aromatic N) is 2. The Kier molecular flexibility index (Phi) is 4.05. The van der Waals surface area contributed by atoms with Crippen molar-refractivity contribution in [1.82, 2.24) is 10.3 Å². The Morgan fingerprint density at radius 1 is 1.53 bits per heavy atom. The summed E-state index contributed by atoms with van der Waals surface area (Å²) in [5.74, 6) is 0.412. The average molecular weight is 232 g/mol. The van der Waals surface area contributed by atoms with Crippen LogP contribution in [0.4, 0.5) is 5.82 Å². The molecule has 90 valence electrons. The van der Waals surface area contributed by atoms with Gasteiger partial charge in [-0.2, -0.15) is 5.26 Å². The fraction of sp³-hybridized carbons (Fsp3) is 0.417. The molecule has 1 aromatic heterocycles. The monoisotopic (exact) mass is 232 g/mol. The molecule has 1 heterocycles. The number of nitriles is 1. The molecule has 0 saturated heterocycles. The molecule has 0 aliphatic carbocycles. The van der Waals surface area contributed by atoms with Crippen LogP contribution in [0.2, 0.25) is 0 Å². The first-order valence-electron chi connectivity index (χ1n) is 5.32. The van der Waals surface area contributed by atoms with Gasteiger partial charge in [-0.25, -0.2) is 4.98 Å². The Balaban J connectivity index is 2.51. The fourth-order valence-corrected chi connectivity index (χ4v) is 1.23. The van der Waals surface area contributed by atoms with E-state index >= 15 is 0 Å². The zero-order chi connectivity index (χ0) is 12.9. The summed E-state index contributed by atoms with van der Waals surface area (Å²) in [6.07, 6.45) is 1.53. The summed E-state index contributed by atoms with van der Waals surface area (Å²) in [5.41, 5.74) is 0.263. The van der Waals surface area contributed by atoms with E-state index in [2.05, 4.69) is 15.6 Å². The molecular formula is C12H16N4O.